The molecule has 0 aromatic heterocycles. The van der Waals surface area contributed by atoms with Gasteiger partial charge < -0.3 is 4.18 Å². The zero-order valence-electron chi connectivity index (χ0n) is 16.8. The van der Waals surface area contributed by atoms with Gasteiger partial charge in [0.25, 0.3) is 11.1 Å². The Morgan fingerprint density at radius 1 is 0.939 bits per heavy atom. The first-order chi connectivity index (χ1) is 15.7. The van der Waals surface area contributed by atoms with Crippen molar-refractivity contribution in [2.24, 2.45) is 0 Å². The monoisotopic (exact) mass is 611 g/mol. The van der Waals surface area contributed by atoms with E-state index in [1.807, 2.05) is 24.3 Å². The highest BCUT2D eigenvalue weighted by Crippen LogP contribution is 2.33. The summed E-state index contributed by atoms with van der Waals surface area (Å²) in [6.45, 7) is 0.203. The van der Waals surface area contributed by atoms with Crippen LogP contribution in [0.3, 0.4) is 0 Å². The third-order valence-electron chi connectivity index (χ3n) is 4.61. The predicted octanol–water partition coefficient (Wildman–Crippen LogP) is 5.95. The number of rotatable bonds is 6. The van der Waals surface area contributed by atoms with Crippen molar-refractivity contribution in [2.45, 2.75) is 11.4 Å². The maximum absolute atomic E-state index is 12.7. The minimum atomic E-state index is -4.01. The zero-order chi connectivity index (χ0) is 23.6. The van der Waals surface area contributed by atoms with Gasteiger partial charge in [-0.05, 0) is 100 Å². The number of amides is 2. The number of nitrogens with zero attached hydrogens (tertiary/aromatic N) is 1. The van der Waals surface area contributed by atoms with Gasteiger partial charge in [-0.2, -0.15) is 8.42 Å². The van der Waals surface area contributed by atoms with Gasteiger partial charge in [0, 0.05) is 8.59 Å². The van der Waals surface area contributed by atoms with Crippen molar-refractivity contribution < 1.29 is 22.2 Å². The minimum absolute atomic E-state index is 0.0159. The van der Waals surface area contributed by atoms with Crippen LogP contribution in [0.2, 0.25) is 5.02 Å². The Labute approximate surface area is 213 Å². The van der Waals surface area contributed by atoms with Crippen LogP contribution in [0.15, 0.2) is 82.6 Å². The first kappa shape index (κ1) is 23.8. The van der Waals surface area contributed by atoms with Crippen LogP contribution in [0.25, 0.3) is 6.08 Å². The van der Waals surface area contributed by atoms with E-state index in [9.17, 15) is 18.0 Å². The van der Waals surface area contributed by atoms with Gasteiger partial charge in [-0.25, -0.2) is 0 Å². The largest absolute Gasteiger partial charge is 0.379 e. The summed E-state index contributed by atoms with van der Waals surface area (Å²) in [7, 11) is -4.01. The summed E-state index contributed by atoms with van der Waals surface area (Å²) < 4.78 is 31.0. The summed E-state index contributed by atoms with van der Waals surface area (Å²) in [6.07, 6.45) is 1.59. The van der Waals surface area contributed by atoms with Gasteiger partial charge in [0.2, 0.25) is 0 Å². The van der Waals surface area contributed by atoms with E-state index in [4.69, 9.17) is 15.8 Å². The number of hydrogen-bond donors (Lipinski definition) is 0. The average molecular weight is 612 g/mol. The molecule has 3 aromatic carbocycles. The second-order valence-corrected chi connectivity index (χ2v) is 11.2. The van der Waals surface area contributed by atoms with Crippen LogP contribution in [-0.2, 0) is 21.5 Å². The molecule has 0 saturated carbocycles. The molecule has 0 aliphatic carbocycles. The number of thioether (sulfide) groups is 1. The Bertz CT molecular complexity index is 1340. The maximum Gasteiger partial charge on any atom is 0.339 e. The molecule has 0 N–H and O–H groups in total. The smallest absolute Gasteiger partial charge is 0.339 e. The van der Waals surface area contributed by atoms with Crippen LogP contribution in [0.4, 0.5) is 4.79 Å². The Morgan fingerprint density at radius 2 is 1.58 bits per heavy atom. The lowest BCUT2D eigenvalue weighted by molar-refractivity contribution is -0.123. The fourth-order valence-corrected chi connectivity index (χ4v) is 5.21. The standard InChI is InChI=1S/C23H15ClINO5S2/c24-17-5-11-20(12-6-17)33(29,30)31-19-9-3-15(4-10-19)13-21-22(27)26(23(28)32-21)14-16-1-7-18(25)8-2-16/h1-13H,14H2/b21-13-. The van der Waals surface area contributed by atoms with E-state index >= 15 is 0 Å². The predicted molar refractivity (Wildman–Crippen MR) is 136 cm³/mol. The number of carbonyl (C=O) groups is 2. The lowest BCUT2D eigenvalue weighted by atomic mass is 10.2. The van der Waals surface area contributed by atoms with Crippen LogP contribution in [-0.4, -0.2) is 24.5 Å². The molecule has 2 amide bonds. The van der Waals surface area contributed by atoms with Crippen LogP contribution < -0.4 is 4.18 Å². The summed E-state index contributed by atoms with van der Waals surface area (Å²) in [5, 5.41) is 0.0834. The fraction of sp³-hybridized carbons (Fsp3) is 0.0435. The number of carbonyl (C=O) groups excluding carboxylic acids is 2. The molecule has 33 heavy (non-hydrogen) atoms. The summed E-state index contributed by atoms with van der Waals surface area (Å²) in [5.41, 5.74) is 1.49. The van der Waals surface area contributed by atoms with Gasteiger partial charge in [0.05, 0.1) is 11.4 Å². The second kappa shape index (κ2) is 9.88. The van der Waals surface area contributed by atoms with Crippen molar-refractivity contribution in [2.75, 3.05) is 0 Å². The molecule has 1 aliphatic rings. The van der Waals surface area contributed by atoms with E-state index < -0.39 is 10.1 Å². The third-order valence-corrected chi connectivity index (χ3v) is 7.75. The molecule has 0 unspecified atom stereocenters. The first-order valence-corrected chi connectivity index (χ1v) is 13.2. The molecule has 4 rings (SSSR count). The molecule has 0 spiro atoms. The average Bonchev–Trinajstić information content (AvgIpc) is 3.04. The topological polar surface area (TPSA) is 80.8 Å². The molecule has 0 bridgehead atoms. The molecule has 0 radical (unpaired) electrons. The zero-order valence-corrected chi connectivity index (χ0v) is 21.3. The van der Waals surface area contributed by atoms with Gasteiger partial charge in [0.1, 0.15) is 10.6 Å². The third kappa shape index (κ3) is 5.78. The van der Waals surface area contributed by atoms with E-state index in [0.29, 0.717) is 15.5 Å². The van der Waals surface area contributed by atoms with Crippen molar-refractivity contribution in [3.8, 4) is 5.75 Å². The highest BCUT2D eigenvalue weighted by atomic mass is 127. The van der Waals surface area contributed by atoms with Gasteiger partial charge in [0.15, 0.2) is 0 Å². The molecule has 6 nitrogen and oxygen atoms in total. The minimum Gasteiger partial charge on any atom is -0.379 e. The summed E-state index contributed by atoms with van der Waals surface area (Å²) >= 11 is 8.85. The SMILES string of the molecule is O=C1S/C(=C\c2ccc(OS(=O)(=O)c3ccc(Cl)cc3)cc2)C(=O)N1Cc1ccc(I)cc1. The van der Waals surface area contributed by atoms with Crippen molar-refractivity contribution in [1.82, 2.24) is 4.90 Å². The van der Waals surface area contributed by atoms with Crippen LogP contribution >= 0.6 is 46.0 Å². The molecule has 1 saturated heterocycles. The van der Waals surface area contributed by atoms with E-state index in [0.717, 1.165) is 20.9 Å². The normalized spacial score (nSPS) is 15.3. The Morgan fingerprint density at radius 3 is 2.21 bits per heavy atom. The quantitative estimate of drug-likeness (QED) is 0.195. The Kier molecular flexibility index (Phi) is 7.13. The van der Waals surface area contributed by atoms with Crippen molar-refractivity contribution in [3.63, 3.8) is 0 Å². The second-order valence-electron chi connectivity index (χ2n) is 6.95. The molecule has 1 heterocycles. The summed E-state index contributed by atoms with van der Waals surface area (Å²) in [6, 6.07) is 19.4. The van der Waals surface area contributed by atoms with E-state index in [2.05, 4.69) is 22.6 Å². The molecular formula is C23H15ClINO5S2. The molecule has 168 valence electrons. The number of hydrogen-bond acceptors (Lipinski definition) is 6. The van der Waals surface area contributed by atoms with E-state index in [1.54, 1.807) is 18.2 Å². The molecule has 10 heteroatoms. The number of imide groups is 1. The van der Waals surface area contributed by atoms with Gasteiger partial charge >= 0.3 is 10.1 Å². The van der Waals surface area contributed by atoms with Crippen molar-refractivity contribution in [1.29, 1.82) is 0 Å². The van der Waals surface area contributed by atoms with Gasteiger partial charge in [-0.3, -0.25) is 14.5 Å². The molecule has 3 aromatic rings. The van der Waals surface area contributed by atoms with Crippen molar-refractivity contribution in [3.05, 3.63) is 97.4 Å². The molecule has 1 fully saturated rings. The fourth-order valence-electron chi connectivity index (χ4n) is 2.96. The van der Waals surface area contributed by atoms with Crippen LogP contribution in [0, 0.1) is 3.57 Å². The highest BCUT2D eigenvalue weighted by molar-refractivity contribution is 14.1. The number of benzene rings is 3. The van der Waals surface area contributed by atoms with E-state index in [1.165, 1.54) is 41.3 Å². The lowest BCUT2D eigenvalue weighted by Crippen LogP contribution is -2.27. The lowest BCUT2D eigenvalue weighted by Gasteiger charge is -2.12. The van der Waals surface area contributed by atoms with E-state index in [-0.39, 0.29) is 28.3 Å². The first-order valence-electron chi connectivity index (χ1n) is 9.51. The molecule has 0 atom stereocenters. The number of halogens is 2. The highest BCUT2D eigenvalue weighted by Gasteiger charge is 2.35. The summed E-state index contributed by atoms with van der Waals surface area (Å²) in [5.74, 6) is -0.247. The summed E-state index contributed by atoms with van der Waals surface area (Å²) in [4.78, 5) is 26.6. The maximum atomic E-state index is 12.7. The molecule has 1 aliphatic heterocycles. The Hall–Kier alpha value is -2.34. The van der Waals surface area contributed by atoms with Gasteiger partial charge in [-0.1, -0.05) is 35.9 Å². The molecular weight excluding hydrogens is 597 g/mol. The Balaban J connectivity index is 1.46. The van der Waals surface area contributed by atoms with Crippen molar-refractivity contribution >= 4 is 73.3 Å². The van der Waals surface area contributed by atoms with Crippen LogP contribution in [0.1, 0.15) is 11.1 Å². The van der Waals surface area contributed by atoms with Crippen LogP contribution in [0.5, 0.6) is 5.75 Å². The van der Waals surface area contributed by atoms with Gasteiger partial charge in [-0.15, -0.1) is 0 Å².